The molecule has 2 unspecified atom stereocenters. The van der Waals surface area contributed by atoms with E-state index in [-0.39, 0.29) is 6.10 Å². The maximum atomic E-state index is 10.2. The molecular formula is C16H26BrNO. The van der Waals surface area contributed by atoms with Gasteiger partial charge in [-0.1, -0.05) is 55.3 Å². The quantitative estimate of drug-likeness (QED) is 0.771. The summed E-state index contributed by atoms with van der Waals surface area (Å²) in [5, 5.41) is 10.2. The molecule has 108 valence electrons. The van der Waals surface area contributed by atoms with E-state index >= 15 is 0 Å². The molecule has 0 radical (unpaired) electrons. The Kier molecular flexibility index (Phi) is 7.66. The number of rotatable bonds is 8. The number of aliphatic hydroxyl groups is 1. The Labute approximate surface area is 126 Å². The maximum Gasteiger partial charge on any atom is 0.0802 e. The highest BCUT2D eigenvalue weighted by molar-refractivity contribution is 9.10. The summed E-state index contributed by atoms with van der Waals surface area (Å²) >= 11 is 3.41. The summed E-state index contributed by atoms with van der Waals surface area (Å²) in [7, 11) is 0. The minimum absolute atomic E-state index is 0.362. The van der Waals surface area contributed by atoms with Crippen LogP contribution in [0.2, 0.25) is 0 Å². The minimum Gasteiger partial charge on any atom is -0.388 e. The molecule has 0 fully saturated rings. The van der Waals surface area contributed by atoms with Crippen LogP contribution >= 0.6 is 15.9 Å². The van der Waals surface area contributed by atoms with Gasteiger partial charge in [0.25, 0.3) is 0 Å². The fourth-order valence-corrected chi connectivity index (χ4v) is 2.37. The Morgan fingerprint density at radius 1 is 1.21 bits per heavy atom. The second-order valence-corrected chi connectivity index (χ2v) is 6.18. The normalized spacial score (nSPS) is 14.6. The fraction of sp³-hybridized carbons (Fsp3) is 0.625. The molecule has 2 nitrogen and oxygen atoms in total. The zero-order valence-electron chi connectivity index (χ0n) is 12.3. The Hall–Kier alpha value is -0.380. The fourth-order valence-electron chi connectivity index (χ4n) is 2.10. The molecule has 1 rings (SSSR count). The van der Waals surface area contributed by atoms with Gasteiger partial charge in [-0.05, 0) is 36.6 Å². The zero-order chi connectivity index (χ0) is 14.3. The van der Waals surface area contributed by atoms with E-state index in [4.69, 9.17) is 0 Å². The monoisotopic (exact) mass is 327 g/mol. The lowest BCUT2D eigenvalue weighted by molar-refractivity contribution is 0.138. The van der Waals surface area contributed by atoms with Crippen molar-refractivity contribution >= 4 is 15.9 Å². The largest absolute Gasteiger partial charge is 0.388 e. The first-order valence-electron chi connectivity index (χ1n) is 7.22. The topological polar surface area (TPSA) is 23.5 Å². The molecule has 0 amide bonds. The minimum atomic E-state index is -0.362. The third-order valence-electron chi connectivity index (χ3n) is 3.69. The lowest BCUT2D eigenvalue weighted by Crippen LogP contribution is -2.30. The van der Waals surface area contributed by atoms with Gasteiger partial charge in [-0.3, -0.25) is 0 Å². The molecular weight excluding hydrogens is 302 g/mol. The molecule has 0 spiro atoms. The summed E-state index contributed by atoms with van der Waals surface area (Å²) < 4.78 is 1.05. The van der Waals surface area contributed by atoms with Gasteiger partial charge in [-0.15, -0.1) is 0 Å². The summed E-state index contributed by atoms with van der Waals surface area (Å²) in [6, 6.07) is 7.93. The summed E-state index contributed by atoms with van der Waals surface area (Å²) in [4.78, 5) is 2.43. The molecule has 0 heterocycles. The molecule has 0 aliphatic carbocycles. The first-order chi connectivity index (χ1) is 9.06. The predicted molar refractivity (Wildman–Crippen MR) is 85.3 cm³/mol. The molecule has 2 atom stereocenters. The van der Waals surface area contributed by atoms with Crippen LogP contribution in [0.3, 0.4) is 0 Å². The van der Waals surface area contributed by atoms with Crippen molar-refractivity contribution in [2.45, 2.75) is 39.7 Å². The zero-order valence-corrected chi connectivity index (χ0v) is 13.9. The van der Waals surface area contributed by atoms with E-state index in [1.54, 1.807) is 0 Å². The van der Waals surface area contributed by atoms with Gasteiger partial charge in [-0.25, -0.2) is 0 Å². The number of hydrogen-bond donors (Lipinski definition) is 1. The first-order valence-corrected chi connectivity index (χ1v) is 8.02. The second-order valence-electron chi connectivity index (χ2n) is 5.26. The van der Waals surface area contributed by atoms with Crippen LogP contribution in [0.15, 0.2) is 28.7 Å². The average molecular weight is 328 g/mol. The van der Waals surface area contributed by atoms with Crippen LogP contribution in [0, 0.1) is 5.92 Å². The van der Waals surface area contributed by atoms with E-state index in [0.29, 0.717) is 0 Å². The van der Waals surface area contributed by atoms with E-state index in [1.165, 1.54) is 6.42 Å². The molecule has 1 aromatic carbocycles. The molecule has 0 saturated heterocycles. The van der Waals surface area contributed by atoms with Crippen molar-refractivity contribution in [1.82, 2.24) is 4.90 Å². The van der Waals surface area contributed by atoms with Gasteiger partial charge in [0, 0.05) is 17.6 Å². The van der Waals surface area contributed by atoms with Crippen molar-refractivity contribution < 1.29 is 5.11 Å². The van der Waals surface area contributed by atoms with E-state index < -0.39 is 0 Å². The van der Waals surface area contributed by atoms with E-state index in [2.05, 4.69) is 41.6 Å². The molecule has 1 aromatic rings. The number of benzene rings is 1. The summed E-state index contributed by atoms with van der Waals surface area (Å²) in [6.45, 7) is 9.84. The van der Waals surface area contributed by atoms with Crippen LogP contribution in [-0.2, 0) is 0 Å². The Morgan fingerprint density at radius 2 is 1.84 bits per heavy atom. The van der Waals surface area contributed by atoms with Gasteiger partial charge in [-0.2, -0.15) is 0 Å². The SMILES string of the molecule is CCC(C)CN(CC)CCC(O)c1ccc(Br)cc1. The van der Waals surface area contributed by atoms with Crippen LogP contribution in [0.4, 0.5) is 0 Å². The number of halogens is 1. The van der Waals surface area contributed by atoms with Crippen molar-refractivity contribution in [3.8, 4) is 0 Å². The molecule has 19 heavy (non-hydrogen) atoms. The lowest BCUT2D eigenvalue weighted by atomic mass is 10.1. The van der Waals surface area contributed by atoms with Crippen molar-refractivity contribution in [3.05, 3.63) is 34.3 Å². The predicted octanol–water partition coefficient (Wildman–Crippen LogP) is 4.24. The van der Waals surface area contributed by atoms with Gasteiger partial charge in [0.1, 0.15) is 0 Å². The number of aliphatic hydroxyl groups excluding tert-OH is 1. The van der Waals surface area contributed by atoms with Gasteiger partial charge < -0.3 is 10.0 Å². The van der Waals surface area contributed by atoms with Crippen LogP contribution < -0.4 is 0 Å². The highest BCUT2D eigenvalue weighted by Crippen LogP contribution is 2.20. The van der Waals surface area contributed by atoms with Crippen LogP contribution in [0.1, 0.15) is 45.3 Å². The van der Waals surface area contributed by atoms with Crippen molar-refractivity contribution in [2.24, 2.45) is 5.92 Å². The number of nitrogens with zero attached hydrogens (tertiary/aromatic N) is 1. The van der Waals surface area contributed by atoms with Crippen molar-refractivity contribution in [1.29, 1.82) is 0 Å². The summed E-state index contributed by atoms with van der Waals surface area (Å²) in [5.41, 5.74) is 1.00. The van der Waals surface area contributed by atoms with Crippen molar-refractivity contribution in [2.75, 3.05) is 19.6 Å². The van der Waals surface area contributed by atoms with Crippen molar-refractivity contribution in [3.63, 3.8) is 0 Å². The standard InChI is InChI=1S/C16H26BrNO/c1-4-13(3)12-18(5-2)11-10-16(19)14-6-8-15(17)9-7-14/h6-9,13,16,19H,4-5,10-12H2,1-3H3. The first kappa shape index (κ1) is 16.7. The summed E-state index contributed by atoms with van der Waals surface area (Å²) in [6.07, 6.45) is 1.65. The van der Waals surface area contributed by atoms with E-state index in [0.717, 1.165) is 42.0 Å². The highest BCUT2D eigenvalue weighted by atomic mass is 79.9. The third kappa shape index (κ3) is 6.07. The van der Waals surface area contributed by atoms with Gasteiger partial charge in [0.15, 0.2) is 0 Å². The van der Waals surface area contributed by atoms with Crippen LogP contribution in [0.25, 0.3) is 0 Å². The van der Waals surface area contributed by atoms with Crippen LogP contribution in [0.5, 0.6) is 0 Å². The smallest absolute Gasteiger partial charge is 0.0802 e. The summed E-state index contributed by atoms with van der Waals surface area (Å²) in [5.74, 6) is 0.727. The molecule has 0 bridgehead atoms. The van der Waals surface area contributed by atoms with Crippen LogP contribution in [-0.4, -0.2) is 29.6 Å². The van der Waals surface area contributed by atoms with Gasteiger partial charge in [0.2, 0.25) is 0 Å². The van der Waals surface area contributed by atoms with Gasteiger partial charge in [0.05, 0.1) is 6.10 Å². The molecule has 0 aliphatic heterocycles. The van der Waals surface area contributed by atoms with Gasteiger partial charge >= 0.3 is 0 Å². The Bertz CT molecular complexity index is 352. The maximum absolute atomic E-state index is 10.2. The molecule has 0 saturated carbocycles. The molecule has 0 aromatic heterocycles. The molecule has 0 aliphatic rings. The highest BCUT2D eigenvalue weighted by Gasteiger charge is 2.11. The molecule has 3 heteroatoms. The Morgan fingerprint density at radius 3 is 2.37 bits per heavy atom. The third-order valence-corrected chi connectivity index (χ3v) is 4.22. The average Bonchev–Trinajstić information content (AvgIpc) is 2.43. The van der Waals surface area contributed by atoms with E-state index in [9.17, 15) is 5.11 Å². The van der Waals surface area contributed by atoms with E-state index in [1.807, 2.05) is 24.3 Å². The Balaban J connectivity index is 2.43. The molecule has 1 N–H and O–H groups in total. The lowest BCUT2D eigenvalue weighted by Gasteiger charge is -2.25. The number of hydrogen-bond acceptors (Lipinski definition) is 2. The second kappa shape index (κ2) is 8.72.